The van der Waals surface area contributed by atoms with E-state index in [0.717, 1.165) is 11.1 Å². The summed E-state index contributed by atoms with van der Waals surface area (Å²) in [5.41, 5.74) is 2.01. The topological polar surface area (TPSA) is 92.7 Å². The summed E-state index contributed by atoms with van der Waals surface area (Å²) in [6, 6.07) is 7.23. The summed E-state index contributed by atoms with van der Waals surface area (Å²) in [5, 5.41) is -0.549. The Hall–Kier alpha value is -2.36. The summed E-state index contributed by atoms with van der Waals surface area (Å²) in [4.78, 5) is 22.5. The fourth-order valence-electron chi connectivity index (χ4n) is 3.33. The van der Waals surface area contributed by atoms with Crippen molar-refractivity contribution in [2.75, 3.05) is 39.4 Å². The molecule has 1 aromatic heterocycles. The van der Waals surface area contributed by atoms with Gasteiger partial charge in [-0.15, -0.1) is 0 Å². The van der Waals surface area contributed by atoms with Crippen LogP contribution >= 0.6 is 0 Å². The van der Waals surface area contributed by atoms with Crippen LogP contribution in [-0.2, 0) is 14.8 Å². The summed E-state index contributed by atoms with van der Waals surface area (Å²) in [6.07, 6.45) is 4.74. The van der Waals surface area contributed by atoms with Crippen LogP contribution in [0, 0.1) is 0 Å². The lowest BCUT2D eigenvalue weighted by Gasteiger charge is -2.41. The molecule has 8 nitrogen and oxygen atoms in total. The van der Waals surface area contributed by atoms with Crippen LogP contribution < -0.4 is 0 Å². The number of ether oxygens (including phenoxy) is 1. The van der Waals surface area contributed by atoms with E-state index in [1.165, 1.54) is 10.6 Å². The monoisotopic (exact) mass is 388 g/mol. The highest BCUT2D eigenvalue weighted by atomic mass is 32.2. The van der Waals surface area contributed by atoms with E-state index < -0.39 is 15.3 Å². The molecular formula is C18H20N4O4S. The van der Waals surface area contributed by atoms with Gasteiger partial charge in [-0.2, -0.15) is 4.31 Å². The molecule has 4 rings (SSSR count). The minimum atomic E-state index is -3.40. The Labute approximate surface area is 157 Å². The molecule has 27 heavy (non-hydrogen) atoms. The van der Waals surface area contributed by atoms with Crippen LogP contribution in [0.5, 0.6) is 0 Å². The minimum Gasteiger partial charge on any atom is -0.379 e. The second kappa shape index (κ2) is 7.34. The fourth-order valence-corrected chi connectivity index (χ4v) is 5.15. The predicted octanol–water partition coefficient (Wildman–Crippen LogP) is 0.630. The smallest absolute Gasteiger partial charge is 0.254 e. The van der Waals surface area contributed by atoms with Crippen LogP contribution in [0.25, 0.3) is 11.1 Å². The number of aromatic nitrogens is 2. The maximum absolute atomic E-state index is 12.9. The number of morpholine rings is 1. The van der Waals surface area contributed by atoms with Gasteiger partial charge in [-0.3, -0.25) is 4.79 Å². The number of rotatable bonds is 4. The molecule has 0 spiro atoms. The van der Waals surface area contributed by atoms with Crippen molar-refractivity contribution in [2.24, 2.45) is 0 Å². The van der Waals surface area contributed by atoms with Crippen LogP contribution in [0.3, 0.4) is 0 Å². The molecule has 2 aliphatic rings. The number of likely N-dealkylation sites (tertiary alicyclic amines) is 1. The van der Waals surface area contributed by atoms with Crippen LogP contribution in [0.4, 0.5) is 0 Å². The second-order valence-electron chi connectivity index (χ2n) is 6.56. The molecule has 142 valence electrons. The van der Waals surface area contributed by atoms with E-state index in [1.807, 2.05) is 12.1 Å². The first kappa shape index (κ1) is 18.0. The number of hydrogen-bond donors (Lipinski definition) is 0. The molecule has 0 radical (unpaired) electrons. The lowest BCUT2D eigenvalue weighted by Crippen LogP contribution is -2.61. The van der Waals surface area contributed by atoms with Crippen LogP contribution in [0.15, 0.2) is 43.0 Å². The van der Waals surface area contributed by atoms with Gasteiger partial charge in [-0.05, 0) is 11.6 Å². The average molecular weight is 388 g/mol. The minimum absolute atomic E-state index is 0.178. The highest BCUT2D eigenvalue weighted by molar-refractivity contribution is 7.89. The summed E-state index contributed by atoms with van der Waals surface area (Å²) >= 11 is 0. The number of carbonyl (C=O) groups excluding carboxylic acids is 1. The predicted molar refractivity (Wildman–Crippen MR) is 98.5 cm³/mol. The Bertz CT molecular complexity index is 923. The lowest BCUT2D eigenvalue weighted by atomic mass is 10.00. The van der Waals surface area contributed by atoms with Crippen molar-refractivity contribution in [3.8, 4) is 11.1 Å². The van der Waals surface area contributed by atoms with Gasteiger partial charge in [0.15, 0.2) is 0 Å². The number of amides is 1. The number of hydrogen-bond acceptors (Lipinski definition) is 6. The molecule has 1 amide bonds. The molecule has 0 saturated carbocycles. The Morgan fingerprint density at radius 1 is 1.07 bits per heavy atom. The van der Waals surface area contributed by atoms with E-state index in [0.29, 0.717) is 31.9 Å². The van der Waals surface area contributed by atoms with Crippen molar-refractivity contribution in [1.29, 1.82) is 0 Å². The maximum Gasteiger partial charge on any atom is 0.254 e. The third-order valence-corrected chi connectivity index (χ3v) is 7.14. The first-order valence-electron chi connectivity index (χ1n) is 8.78. The number of nitrogens with zero attached hydrogens (tertiary/aromatic N) is 4. The largest absolute Gasteiger partial charge is 0.379 e. The van der Waals surface area contributed by atoms with Gasteiger partial charge in [0.05, 0.1) is 13.2 Å². The molecule has 0 atom stereocenters. The quantitative estimate of drug-likeness (QED) is 0.763. The zero-order valence-corrected chi connectivity index (χ0v) is 15.5. The fraction of sp³-hybridized carbons (Fsp3) is 0.389. The van der Waals surface area contributed by atoms with E-state index in [9.17, 15) is 13.2 Å². The lowest BCUT2D eigenvalue weighted by molar-refractivity contribution is 0.0617. The van der Waals surface area contributed by atoms with Crippen molar-refractivity contribution < 1.29 is 17.9 Å². The average Bonchev–Trinajstić information content (AvgIpc) is 2.68. The summed E-state index contributed by atoms with van der Waals surface area (Å²) in [6.45, 7) is 2.01. The number of sulfonamides is 1. The third-order valence-electron chi connectivity index (χ3n) is 4.92. The van der Waals surface area contributed by atoms with E-state index >= 15 is 0 Å². The van der Waals surface area contributed by atoms with Gasteiger partial charge < -0.3 is 9.64 Å². The second-order valence-corrected chi connectivity index (χ2v) is 8.77. The van der Waals surface area contributed by atoms with E-state index in [2.05, 4.69) is 9.97 Å². The molecule has 2 saturated heterocycles. The molecular weight excluding hydrogens is 368 g/mol. The molecule has 2 aromatic rings. The Kier molecular flexibility index (Phi) is 4.90. The third kappa shape index (κ3) is 3.45. The van der Waals surface area contributed by atoms with Gasteiger partial charge in [0, 0.05) is 49.7 Å². The number of benzene rings is 1. The van der Waals surface area contributed by atoms with Gasteiger partial charge in [-0.1, -0.05) is 18.2 Å². The van der Waals surface area contributed by atoms with Crippen LogP contribution in [-0.4, -0.2) is 78.1 Å². The van der Waals surface area contributed by atoms with Gasteiger partial charge in [0.1, 0.15) is 11.6 Å². The molecule has 0 bridgehead atoms. The van der Waals surface area contributed by atoms with E-state index in [1.54, 1.807) is 29.4 Å². The van der Waals surface area contributed by atoms with Gasteiger partial charge in [0.25, 0.3) is 5.91 Å². The van der Waals surface area contributed by atoms with Gasteiger partial charge >= 0.3 is 0 Å². The number of carbonyl (C=O) groups is 1. The highest BCUT2D eigenvalue weighted by Crippen LogP contribution is 2.27. The molecule has 1 aromatic carbocycles. The first-order chi connectivity index (χ1) is 13.1. The zero-order valence-electron chi connectivity index (χ0n) is 14.7. The zero-order chi connectivity index (χ0) is 18.9. The SMILES string of the molecule is O=C(c1ccccc1-c1cncnc1)N1CC(S(=O)(=O)N2CCOCC2)C1. The molecule has 0 N–H and O–H groups in total. The molecule has 2 aliphatic heterocycles. The molecule has 3 heterocycles. The first-order valence-corrected chi connectivity index (χ1v) is 10.3. The summed E-state index contributed by atoms with van der Waals surface area (Å²) in [7, 11) is -3.40. The van der Waals surface area contributed by atoms with Crippen molar-refractivity contribution in [2.45, 2.75) is 5.25 Å². The van der Waals surface area contributed by atoms with Crippen molar-refractivity contribution >= 4 is 15.9 Å². The van der Waals surface area contributed by atoms with E-state index in [-0.39, 0.29) is 19.0 Å². The van der Waals surface area contributed by atoms with Crippen molar-refractivity contribution in [1.82, 2.24) is 19.2 Å². The summed E-state index contributed by atoms with van der Waals surface area (Å²) in [5.74, 6) is -0.178. The Morgan fingerprint density at radius 3 is 2.44 bits per heavy atom. The normalized spacial score (nSPS) is 18.9. The van der Waals surface area contributed by atoms with Crippen LogP contribution in [0.2, 0.25) is 0 Å². The molecule has 2 fully saturated rings. The van der Waals surface area contributed by atoms with Gasteiger partial charge in [0.2, 0.25) is 10.0 Å². The standard InChI is InChI=1S/C18H20N4O4S/c23-18(17-4-2-1-3-16(17)14-9-19-13-20-10-14)21-11-15(12-21)27(24,25)22-5-7-26-8-6-22/h1-4,9-10,13,15H,5-8,11-12H2. The van der Waals surface area contributed by atoms with Gasteiger partial charge in [-0.25, -0.2) is 18.4 Å². The molecule has 0 aliphatic carbocycles. The molecule has 9 heteroatoms. The van der Waals surface area contributed by atoms with Crippen molar-refractivity contribution in [3.63, 3.8) is 0 Å². The van der Waals surface area contributed by atoms with E-state index in [4.69, 9.17) is 4.74 Å². The van der Waals surface area contributed by atoms with Crippen LogP contribution in [0.1, 0.15) is 10.4 Å². The molecule has 0 unspecified atom stereocenters. The highest BCUT2D eigenvalue weighted by Gasteiger charge is 2.43. The summed E-state index contributed by atoms with van der Waals surface area (Å²) < 4.78 is 32.0. The Balaban J connectivity index is 1.49. The Morgan fingerprint density at radius 2 is 1.74 bits per heavy atom. The van der Waals surface area contributed by atoms with Crippen molar-refractivity contribution in [3.05, 3.63) is 48.5 Å². The maximum atomic E-state index is 12.9.